The molecule has 2 rings (SSSR count). The van der Waals surface area contributed by atoms with Crippen LogP contribution in [0.3, 0.4) is 0 Å². The Morgan fingerprint density at radius 3 is 2.17 bits per heavy atom. The van der Waals surface area contributed by atoms with E-state index in [-0.39, 0.29) is 6.42 Å². The average molecular weight is 419 g/mol. The van der Waals surface area contributed by atoms with Crippen LogP contribution >= 0.6 is 0 Å². The van der Waals surface area contributed by atoms with Gasteiger partial charge in [-0.3, -0.25) is 9.10 Å². The third-order valence-electron chi connectivity index (χ3n) is 4.65. The molecule has 2 aromatic carbocycles. The first-order valence-corrected chi connectivity index (χ1v) is 11.0. The van der Waals surface area contributed by atoms with E-state index in [9.17, 15) is 18.0 Å². The highest BCUT2D eigenvalue weighted by Gasteiger charge is 2.31. The number of methoxy groups -OCH3 is 1. The largest absolute Gasteiger partial charge is 0.465 e. The van der Waals surface area contributed by atoms with Crippen LogP contribution in [0.25, 0.3) is 0 Å². The van der Waals surface area contributed by atoms with Crippen LogP contribution in [0.1, 0.15) is 34.8 Å². The van der Waals surface area contributed by atoms with Crippen molar-refractivity contribution in [3.05, 3.63) is 59.2 Å². The van der Waals surface area contributed by atoms with Crippen molar-refractivity contribution in [1.82, 2.24) is 0 Å². The molecule has 156 valence electrons. The van der Waals surface area contributed by atoms with Gasteiger partial charge in [0.1, 0.15) is 6.04 Å². The molecule has 0 radical (unpaired) electrons. The molecule has 1 amide bonds. The highest BCUT2D eigenvalue weighted by Crippen LogP contribution is 2.25. The SMILES string of the molecule is CCC(C(=O)Nc1ccc(C(=O)OC)cc1)N(c1ccc(C)c(C)c1)S(C)(=O)=O. The molecule has 0 aliphatic carbocycles. The normalized spacial score (nSPS) is 12.2. The van der Waals surface area contributed by atoms with Gasteiger partial charge in [-0.15, -0.1) is 0 Å². The number of nitrogens with one attached hydrogen (secondary N) is 1. The predicted molar refractivity (Wildman–Crippen MR) is 114 cm³/mol. The van der Waals surface area contributed by atoms with Crippen LogP contribution in [0.2, 0.25) is 0 Å². The molecule has 1 atom stereocenters. The minimum absolute atomic E-state index is 0.284. The summed E-state index contributed by atoms with van der Waals surface area (Å²) in [6, 6.07) is 10.6. The van der Waals surface area contributed by atoms with E-state index in [1.807, 2.05) is 19.9 Å². The van der Waals surface area contributed by atoms with Crippen molar-refractivity contribution in [3.63, 3.8) is 0 Å². The molecule has 1 N–H and O–H groups in total. The maximum atomic E-state index is 12.9. The van der Waals surface area contributed by atoms with E-state index in [0.717, 1.165) is 21.7 Å². The van der Waals surface area contributed by atoms with E-state index < -0.39 is 27.9 Å². The number of amides is 1. The first kappa shape index (κ1) is 22.4. The molecule has 2 aromatic rings. The lowest BCUT2D eigenvalue weighted by Crippen LogP contribution is -2.47. The average Bonchev–Trinajstić information content (AvgIpc) is 2.67. The zero-order chi connectivity index (χ0) is 21.8. The highest BCUT2D eigenvalue weighted by molar-refractivity contribution is 7.92. The second-order valence-corrected chi connectivity index (χ2v) is 8.67. The van der Waals surface area contributed by atoms with Crippen molar-refractivity contribution >= 4 is 33.3 Å². The molecule has 1 unspecified atom stereocenters. The van der Waals surface area contributed by atoms with Crippen molar-refractivity contribution in [2.45, 2.75) is 33.2 Å². The lowest BCUT2D eigenvalue weighted by atomic mass is 10.1. The number of aryl methyl sites for hydroxylation is 2. The lowest BCUT2D eigenvalue weighted by Gasteiger charge is -2.30. The zero-order valence-electron chi connectivity index (χ0n) is 17.2. The first-order valence-electron chi connectivity index (χ1n) is 9.14. The molecule has 8 heteroatoms. The van der Waals surface area contributed by atoms with Gasteiger partial charge in [-0.2, -0.15) is 0 Å². The molecule has 0 fully saturated rings. The van der Waals surface area contributed by atoms with Crippen molar-refractivity contribution < 1.29 is 22.7 Å². The molecule has 0 spiro atoms. The van der Waals surface area contributed by atoms with Gasteiger partial charge >= 0.3 is 5.97 Å². The number of nitrogens with zero attached hydrogens (tertiary/aromatic N) is 1. The minimum atomic E-state index is -3.71. The molecule has 0 aliphatic heterocycles. The summed E-state index contributed by atoms with van der Waals surface area (Å²) in [4.78, 5) is 24.4. The number of carbonyl (C=O) groups excluding carboxylic acids is 2. The van der Waals surface area contributed by atoms with E-state index in [1.165, 1.54) is 19.2 Å². The Kier molecular flexibility index (Phi) is 7.02. The van der Waals surface area contributed by atoms with E-state index in [1.54, 1.807) is 31.2 Å². The van der Waals surface area contributed by atoms with Crippen LogP contribution in [-0.4, -0.2) is 39.7 Å². The van der Waals surface area contributed by atoms with Crippen LogP contribution in [0.5, 0.6) is 0 Å². The molecule has 29 heavy (non-hydrogen) atoms. The summed E-state index contributed by atoms with van der Waals surface area (Å²) in [5.41, 5.74) is 3.22. The van der Waals surface area contributed by atoms with Gasteiger partial charge in [0, 0.05) is 5.69 Å². The Bertz CT molecular complexity index is 1000. The lowest BCUT2D eigenvalue weighted by molar-refractivity contribution is -0.117. The fourth-order valence-electron chi connectivity index (χ4n) is 2.96. The van der Waals surface area contributed by atoms with Crippen LogP contribution < -0.4 is 9.62 Å². The molecule has 0 saturated carbocycles. The maximum Gasteiger partial charge on any atom is 0.337 e. The van der Waals surface area contributed by atoms with E-state index in [0.29, 0.717) is 16.9 Å². The number of sulfonamides is 1. The molecule has 0 aliphatic rings. The number of hydrogen-bond donors (Lipinski definition) is 1. The quantitative estimate of drug-likeness (QED) is 0.697. The highest BCUT2D eigenvalue weighted by atomic mass is 32.2. The van der Waals surface area contributed by atoms with Crippen molar-refractivity contribution in [2.75, 3.05) is 23.0 Å². The number of carbonyl (C=O) groups is 2. The summed E-state index contributed by atoms with van der Waals surface area (Å²) < 4.78 is 30.9. The van der Waals surface area contributed by atoms with Crippen LogP contribution in [-0.2, 0) is 19.6 Å². The van der Waals surface area contributed by atoms with Gasteiger partial charge in [0.15, 0.2) is 0 Å². The first-order chi connectivity index (χ1) is 13.6. The summed E-state index contributed by atoms with van der Waals surface area (Å²) in [5.74, 6) is -0.936. The molecular weight excluding hydrogens is 392 g/mol. The number of anilines is 2. The summed E-state index contributed by atoms with van der Waals surface area (Å²) >= 11 is 0. The number of rotatable bonds is 7. The van der Waals surface area contributed by atoms with E-state index >= 15 is 0 Å². The number of esters is 1. The second-order valence-electron chi connectivity index (χ2n) is 6.81. The Morgan fingerprint density at radius 1 is 1.07 bits per heavy atom. The van der Waals surface area contributed by atoms with Gasteiger partial charge in [0.2, 0.25) is 15.9 Å². The van der Waals surface area contributed by atoms with Gasteiger partial charge in [-0.1, -0.05) is 13.0 Å². The fourth-order valence-corrected chi connectivity index (χ4v) is 4.16. The minimum Gasteiger partial charge on any atom is -0.465 e. The predicted octanol–water partition coefficient (Wildman–Crippen LogP) is 3.27. The number of hydrogen-bond acceptors (Lipinski definition) is 5. The summed E-state index contributed by atoms with van der Waals surface area (Å²) in [6.45, 7) is 5.58. The van der Waals surface area contributed by atoms with Crippen LogP contribution in [0.4, 0.5) is 11.4 Å². The monoisotopic (exact) mass is 418 g/mol. The van der Waals surface area contributed by atoms with E-state index in [2.05, 4.69) is 10.1 Å². The topological polar surface area (TPSA) is 92.8 Å². The Morgan fingerprint density at radius 2 is 1.69 bits per heavy atom. The molecule has 0 saturated heterocycles. The molecule has 0 aromatic heterocycles. The molecule has 0 bridgehead atoms. The van der Waals surface area contributed by atoms with E-state index in [4.69, 9.17) is 0 Å². The smallest absolute Gasteiger partial charge is 0.337 e. The summed E-state index contributed by atoms with van der Waals surface area (Å²) in [5, 5.41) is 2.73. The van der Waals surface area contributed by atoms with Gasteiger partial charge < -0.3 is 10.1 Å². The Labute approximate surface area is 171 Å². The summed E-state index contributed by atoms with van der Waals surface area (Å²) in [7, 11) is -2.42. The standard InChI is InChI=1S/C21H26N2O5S/c1-6-19(20(24)22-17-10-8-16(9-11-17)21(25)28-4)23(29(5,26)27)18-12-7-14(2)15(3)13-18/h7-13,19H,6H2,1-5H3,(H,22,24). The van der Waals surface area contributed by atoms with Crippen LogP contribution in [0, 0.1) is 13.8 Å². The third kappa shape index (κ3) is 5.35. The second kappa shape index (κ2) is 9.09. The Balaban J connectivity index is 2.33. The van der Waals surface area contributed by atoms with Crippen molar-refractivity contribution in [1.29, 1.82) is 0 Å². The van der Waals surface area contributed by atoms with Gasteiger partial charge in [-0.25, -0.2) is 13.2 Å². The zero-order valence-corrected chi connectivity index (χ0v) is 18.0. The van der Waals surface area contributed by atoms with Gasteiger partial charge in [-0.05, 0) is 67.8 Å². The molecule has 0 heterocycles. The van der Waals surface area contributed by atoms with Crippen molar-refractivity contribution in [2.24, 2.45) is 0 Å². The van der Waals surface area contributed by atoms with Crippen LogP contribution in [0.15, 0.2) is 42.5 Å². The number of benzene rings is 2. The van der Waals surface area contributed by atoms with Crippen molar-refractivity contribution in [3.8, 4) is 0 Å². The summed E-state index contributed by atoms with van der Waals surface area (Å²) in [6.07, 6.45) is 1.37. The molecular formula is C21H26N2O5S. The Hall–Kier alpha value is -2.87. The molecule has 7 nitrogen and oxygen atoms in total. The fraction of sp³-hybridized carbons (Fsp3) is 0.333. The maximum absolute atomic E-state index is 12.9. The number of ether oxygens (including phenoxy) is 1. The van der Waals surface area contributed by atoms with Gasteiger partial charge in [0.05, 0.1) is 24.6 Å². The third-order valence-corrected chi connectivity index (χ3v) is 5.83. The van der Waals surface area contributed by atoms with Gasteiger partial charge in [0.25, 0.3) is 0 Å².